The minimum Gasteiger partial charge on any atom is -0.491 e. The van der Waals surface area contributed by atoms with Gasteiger partial charge in [-0.2, -0.15) is 0 Å². The van der Waals surface area contributed by atoms with Gasteiger partial charge in [-0.25, -0.2) is 8.42 Å². The Morgan fingerprint density at radius 2 is 1.94 bits per heavy atom. The van der Waals surface area contributed by atoms with Crippen LogP contribution in [0.4, 0.5) is 5.69 Å². The number of anilines is 1. The number of amides is 2. The van der Waals surface area contributed by atoms with Crippen LogP contribution in [0, 0.1) is 5.92 Å². The molecule has 0 radical (unpaired) electrons. The summed E-state index contributed by atoms with van der Waals surface area (Å²) in [6, 6.07) is 4.22. The number of carbonyl (C=O) groups is 2. The number of likely N-dealkylation sites (N-methyl/N-ethyl adjacent to an activating group) is 1. The van der Waals surface area contributed by atoms with Crippen molar-refractivity contribution in [1.82, 2.24) is 9.80 Å². The van der Waals surface area contributed by atoms with Gasteiger partial charge in [0.15, 0.2) is 0 Å². The molecule has 1 aromatic carbocycles. The topological polar surface area (TPSA) is 114 Å². The van der Waals surface area contributed by atoms with Crippen molar-refractivity contribution >= 4 is 27.5 Å². The molecule has 32 heavy (non-hydrogen) atoms. The van der Waals surface area contributed by atoms with Gasteiger partial charge < -0.3 is 24.0 Å². The number of nitrogens with zero attached hydrogens (tertiary/aromatic N) is 2. The monoisotopic (exact) mass is 471 g/mol. The molecule has 1 heterocycles. The van der Waals surface area contributed by atoms with Crippen molar-refractivity contribution in [3.05, 3.63) is 23.8 Å². The Kier molecular flexibility index (Phi) is 8.88. The Morgan fingerprint density at radius 1 is 1.25 bits per heavy atom. The Hall–Kier alpha value is -2.37. The lowest BCUT2D eigenvalue weighted by molar-refractivity contribution is -0.139. The summed E-state index contributed by atoms with van der Waals surface area (Å²) in [6.45, 7) is 4.60. The van der Waals surface area contributed by atoms with E-state index in [9.17, 15) is 18.0 Å². The van der Waals surface area contributed by atoms with Gasteiger partial charge in [-0.05, 0) is 25.1 Å². The highest BCUT2D eigenvalue weighted by molar-refractivity contribution is 7.92. The van der Waals surface area contributed by atoms with Gasteiger partial charge >= 0.3 is 0 Å². The van der Waals surface area contributed by atoms with E-state index in [2.05, 4.69) is 4.72 Å². The number of nitrogens with one attached hydrogen (secondary N) is 1. The molecule has 1 aromatic rings. The van der Waals surface area contributed by atoms with E-state index >= 15 is 0 Å². The molecule has 1 aliphatic rings. The maximum absolute atomic E-state index is 13.2. The van der Waals surface area contributed by atoms with E-state index in [1.54, 1.807) is 25.1 Å². The molecule has 0 aliphatic carbocycles. The molecule has 10 nitrogen and oxygen atoms in total. The van der Waals surface area contributed by atoms with E-state index in [4.69, 9.17) is 14.2 Å². The maximum Gasteiger partial charge on any atom is 0.257 e. The third-order valence-electron chi connectivity index (χ3n) is 5.34. The molecule has 2 rings (SSSR count). The van der Waals surface area contributed by atoms with Crippen LogP contribution in [0.3, 0.4) is 0 Å². The summed E-state index contributed by atoms with van der Waals surface area (Å²) < 4.78 is 42.3. The second-order valence-electron chi connectivity index (χ2n) is 8.16. The van der Waals surface area contributed by atoms with Crippen LogP contribution in [0.2, 0.25) is 0 Å². The van der Waals surface area contributed by atoms with E-state index in [1.165, 1.54) is 24.1 Å². The van der Waals surface area contributed by atoms with Gasteiger partial charge in [-0.3, -0.25) is 14.3 Å². The Bertz CT molecular complexity index is 922. The van der Waals surface area contributed by atoms with Crippen molar-refractivity contribution in [3.8, 4) is 5.75 Å². The molecule has 1 aliphatic heterocycles. The average Bonchev–Trinajstić information content (AvgIpc) is 2.71. The Balaban J connectivity index is 2.47. The van der Waals surface area contributed by atoms with Gasteiger partial charge in [0, 0.05) is 46.0 Å². The number of hydrogen-bond donors (Lipinski definition) is 1. The summed E-state index contributed by atoms with van der Waals surface area (Å²) in [5.41, 5.74) is 0.469. The zero-order valence-corrected chi connectivity index (χ0v) is 20.3. The molecule has 0 bridgehead atoms. The second-order valence-corrected chi connectivity index (χ2v) is 9.91. The molecule has 0 saturated heterocycles. The van der Waals surface area contributed by atoms with E-state index in [0.717, 1.165) is 6.26 Å². The first kappa shape index (κ1) is 25.9. The fraction of sp³-hybridized carbons (Fsp3) is 0.619. The lowest BCUT2D eigenvalue weighted by Gasteiger charge is -2.36. The lowest BCUT2D eigenvalue weighted by Crippen LogP contribution is -2.49. The molecular formula is C21H33N3O7S. The van der Waals surface area contributed by atoms with Crippen molar-refractivity contribution in [3.63, 3.8) is 0 Å². The number of hydrogen-bond acceptors (Lipinski definition) is 7. The fourth-order valence-electron chi connectivity index (χ4n) is 3.61. The van der Waals surface area contributed by atoms with Gasteiger partial charge in [0.05, 0.1) is 24.0 Å². The van der Waals surface area contributed by atoms with Crippen LogP contribution >= 0.6 is 0 Å². The van der Waals surface area contributed by atoms with E-state index in [-0.39, 0.29) is 60.9 Å². The van der Waals surface area contributed by atoms with Crippen LogP contribution in [0.5, 0.6) is 5.75 Å². The van der Waals surface area contributed by atoms with Crippen LogP contribution in [-0.2, 0) is 24.3 Å². The van der Waals surface area contributed by atoms with Crippen LogP contribution in [0.25, 0.3) is 0 Å². The summed E-state index contributed by atoms with van der Waals surface area (Å²) >= 11 is 0. The van der Waals surface area contributed by atoms with Crippen LogP contribution in [0.1, 0.15) is 24.2 Å². The van der Waals surface area contributed by atoms with E-state index < -0.39 is 10.0 Å². The molecule has 0 saturated carbocycles. The van der Waals surface area contributed by atoms with Crippen LogP contribution in [0.15, 0.2) is 18.2 Å². The summed E-state index contributed by atoms with van der Waals surface area (Å²) in [4.78, 5) is 29.1. The fourth-order valence-corrected chi connectivity index (χ4v) is 4.16. The smallest absolute Gasteiger partial charge is 0.257 e. The molecular weight excluding hydrogens is 438 g/mol. The predicted molar refractivity (Wildman–Crippen MR) is 120 cm³/mol. The summed E-state index contributed by atoms with van der Waals surface area (Å²) in [5, 5.41) is 0. The lowest BCUT2D eigenvalue weighted by atomic mass is 10.0. The average molecular weight is 472 g/mol. The molecule has 0 unspecified atom stereocenters. The molecule has 0 fully saturated rings. The van der Waals surface area contributed by atoms with Gasteiger partial charge in [0.1, 0.15) is 19.0 Å². The summed E-state index contributed by atoms with van der Waals surface area (Å²) in [5.74, 6) is -0.267. The van der Waals surface area contributed by atoms with Gasteiger partial charge in [0.25, 0.3) is 5.91 Å². The van der Waals surface area contributed by atoms with Crippen molar-refractivity contribution in [1.29, 1.82) is 0 Å². The SMILES string of the molecule is COCC(=O)N1C[C@H](C)[C@H](OC)CN(C)C(=O)c2cc(NS(C)(=O)=O)ccc2OC[C@H]1C. The number of fused-ring (bicyclic) bond motifs is 1. The van der Waals surface area contributed by atoms with Crippen molar-refractivity contribution in [2.45, 2.75) is 26.0 Å². The standard InChI is InChI=1S/C21H33N3O7S/c1-14-10-24(20(25)13-29-4)15(2)12-31-18-8-7-16(22-32(6,27)28)9-17(18)21(26)23(3)11-19(14)30-5/h7-9,14-15,19,22H,10-13H2,1-6H3/t14-,15+,19+/m0/s1. The van der Waals surface area contributed by atoms with Gasteiger partial charge in [-0.1, -0.05) is 6.92 Å². The zero-order valence-electron chi connectivity index (χ0n) is 19.5. The molecule has 3 atom stereocenters. The summed E-state index contributed by atoms with van der Waals surface area (Å²) in [7, 11) is 1.16. The third kappa shape index (κ3) is 6.81. The van der Waals surface area contributed by atoms with Gasteiger partial charge in [0.2, 0.25) is 15.9 Å². The quantitative estimate of drug-likeness (QED) is 0.682. The minimum absolute atomic E-state index is 0.0514. The third-order valence-corrected chi connectivity index (χ3v) is 5.94. The van der Waals surface area contributed by atoms with Crippen molar-refractivity contribution < 1.29 is 32.2 Å². The number of ether oxygens (including phenoxy) is 3. The predicted octanol–water partition coefficient (Wildman–Crippen LogP) is 1.04. The Labute approximate surface area is 189 Å². The minimum atomic E-state index is -3.52. The number of benzene rings is 1. The zero-order chi connectivity index (χ0) is 24.1. The molecule has 2 amide bonds. The number of rotatable bonds is 5. The molecule has 11 heteroatoms. The molecule has 180 valence electrons. The van der Waals surface area contributed by atoms with E-state index in [0.29, 0.717) is 12.3 Å². The normalized spacial score (nSPS) is 22.9. The van der Waals surface area contributed by atoms with E-state index in [1.807, 2.05) is 13.8 Å². The Morgan fingerprint density at radius 3 is 2.53 bits per heavy atom. The molecule has 0 aromatic heterocycles. The molecule has 0 spiro atoms. The van der Waals surface area contributed by atoms with Crippen molar-refractivity contribution in [2.75, 3.05) is 58.5 Å². The number of methoxy groups -OCH3 is 2. The summed E-state index contributed by atoms with van der Waals surface area (Å²) in [6.07, 6.45) is 0.713. The van der Waals surface area contributed by atoms with Gasteiger partial charge in [-0.15, -0.1) is 0 Å². The highest BCUT2D eigenvalue weighted by atomic mass is 32.2. The molecule has 1 N–H and O–H groups in total. The van der Waals surface area contributed by atoms with Crippen LogP contribution < -0.4 is 9.46 Å². The second kappa shape index (κ2) is 11.0. The van der Waals surface area contributed by atoms with Crippen molar-refractivity contribution in [2.24, 2.45) is 5.92 Å². The first-order valence-corrected chi connectivity index (χ1v) is 12.2. The maximum atomic E-state index is 13.2. The highest BCUT2D eigenvalue weighted by Crippen LogP contribution is 2.26. The number of sulfonamides is 1. The van der Waals surface area contributed by atoms with Crippen LogP contribution in [-0.4, -0.2) is 96.0 Å². The number of carbonyl (C=O) groups excluding carboxylic acids is 2. The first-order chi connectivity index (χ1) is 15.0. The largest absolute Gasteiger partial charge is 0.491 e. The first-order valence-electron chi connectivity index (χ1n) is 10.3. The highest BCUT2D eigenvalue weighted by Gasteiger charge is 2.30.